The fourth-order valence-electron chi connectivity index (χ4n) is 4.18. The number of hydrogen-bond donors (Lipinski definition) is 0. The minimum Gasteiger partial charge on any atom is -0.376 e. The van der Waals surface area contributed by atoms with E-state index in [0.29, 0.717) is 5.75 Å². The summed E-state index contributed by atoms with van der Waals surface area (Å²) in [6.45, 7) is 9.99. The standard InChI is InChI=1S/C24H28N2O2S/c1-15-7-5-9-20-16(2)11-23(25-24(15)20)29-14-22(27)21-12-17(3)26(18(21)4)13-19-8-6-10-28-19/h5,7,9,11-12,19H,6,8,10,13-14H2,1-4H3. The van der Waals surface area contributed by atoms with Crippen LogP contribution in [-0.2, 0) is 11.3 Å². The monoisotopic (exact) mass is 408 g/mol. The number of rotatable bonds is 6. The van der Waals surface area contributed by atoms with E-state index in [-0.39, 0.29) is 11.9 Å². The van der Waals surface area contributed by atoms with Crippen molar-refractivity contribution >= 4 is 28.4 Å². The summed E-state index contributed by atoms with van der Waals surface area (Å²) in [6.07, 6.45) is 2.50. The molecule has 0 saturated carbocycles. The predicted molar refractivity (Wildman–Crippen MR) is 119 cm³/mol. The number of Topliss-reactive ketones (excluding diaryl/α,β-unsaturated/α-hetero) is 1. The Hall–Kier alpha value is -2.11. The van der Waals surface area contributed by atoms with E-state index in [0.717, 1.165) is 59.1 Å². The Balaban J connectivity index is 1.50. The Morgan fingerprint density at radius 2 is 2.03 bits per heavy atom. The number of para-hydroxylation sites is 1. The van der Waals surface area contributed by atoms with Crippen LogP contribution in [0.25, 0.3) is 10.9 Å². The quantitative estimate of drug-likeness (QED) is 0.403. The van der Waals surface area contributed by atoms with Crippen molar-refractivity contribution in [2.45, 2.75) is 58.2 Å². The first kappa shape index (κ1) is 20.2. The van der Waals surface area contributed by atoms with Gasteiger partial charge in [-0.3, -0.25) is 4.79 Å². The summed E-state index contributed by atoms with van der Waals surface area (Å²) in [5.74, 6) is 0.555. The van der Waals surface area contributed by atoms with Gasteiger partial charge >= 0.3 is 0 Å². The van der Waals surface area contributed by atoms with E-state index in [1.54, 1.807) is 0 Å². The summed E-state index contributed by atoms with van der Waals surface area (Å²) in [5, 5.41) is 2.09. The molecule has 1 atom stereocenters. The highest BCUT2D eigenvalue weighted by Crippen LogP contribution is 2.27. The molecule has 1 aliphatic rings. The Kier molecular flexibility index (Phi) is 5.79. The number of benzene rings is 1. The van der Waals surface area contributed by atoms with E-state index in [2.05, 4.69) is 49.6 Å². The molecule has 1 aromatic carbocycles. The van der Waals surface area contributed by atoms with Crippen LogP contribution >= 0.6 is 11.8 Å². The van der Waals surface area contributed by atoms with Crippen molar-refractivity contribution in [1.82, 2.24) is 9.55 Å². The first-order valence-corrected chi connectivity index (χ1v) is 11.2. The molecule has 1 aliphatic heterocycles. The molecule has 5 heteroatoms. The van der Waals surface area contributed by atoms with Gasteiger partial charge in [0.15, 0.2) is 5.78 Å². The van der Waals surface area contributed by atoms with E-state index in [9.17, 15) is 4.79 Å². The summed E-state index contributed by atoms with van der Waals surface area (Å²) >= 11 is 1.52. The largest absolute Gasteiger partial charge is 0.376 e. The normalized spacial score (nSPS) is 16.6. The lowest BCUT2D eigenvalue weighted by Crippen LogP contribution is -2.17. The van der Waals surface area contributed by atoms with Crippen molar-refractivity contribution in [2.24, 2.45) is 0 Å². The average Bonchev–Trinajstić information content (AvgIpc) is 3.31. The van der Waals surface area contributed by atoms with Gasteiger partial charge in [-0.25, -0.2) is 4.98 Å². The molecule has 4 rings (SSSR count). The van der Waals surface area contributed by atoms with Gasteiger partial charge in [0.25, 0.3) is 0 Å². The van der Waals surface area contributed by atoms with E-state index in [1.807, 2.05) is 13.0 Å². The highest BCUT2D eigenvalue weighted by atomic mass is 32.2. The topological polar surface area (TPSA) is 44.1 Å². The number of carbonyl (C=O) groups excluding carboxylic acids is 1. The molecular formula is C24H28N2O2S. The van der Waals surface area contributed by atoms with Gasteiger partial charge in [0.2, 0.25) is 0 Å². The third-order valence-electron chi connectivity index (χ3n) is 5.86. The van der Waals surface area contributed by atoms with Crippen molar-refractivity contribution in [2.75, 3.05) is 12.4 Å². The van der Waals surface area contributed by atoms with Gasteiger partial charge < -0.3 is 9.30 Å². The SMILES string of the molecule is Cc1cc(SCC(=O)c2cc(C)n(CC3CCCO3)c2C)nc2c(C)cccc12. The number of carbonyl (C=O) groups is 1. The van der Waals surface area contributed by atoms with E-state index >= 15 is 0 Å². The third kappa shape index (κ3) is 4.12. The molecule has 1 unspecified atom stereocenters. The first-order chi connectivity index (χ1) is 13.9. The van der Waals surface area contributed by atoms with Gasteiger partial charge in [-0.15, -0.1) is 0 Å². The Labute approximate surface area is 176 Å². The van der Waals surface area contributed by atoms with Crippen molar-refractivity contribution in [3.63, 3.8) is 0 Å². The molecule has 3 aromatic rings. The van der Waals surface area contributed by atoms with Crippen LogP contribution in [0.5, 0.6) is 0 Å². The minimum absolute atomic E-state index is 0.158. The number of hydrogen-bond acceptors (Lipinski definition) is 4. The van der Waals surface area contributed by atoms with Crippen molar-refractivity contribution in [3.8, 4) is 0 Å². The van der Waals surface area contributed by atoms with Crippen LogP contribution in [0.3, 0.4) is 0 Å². The number of ether oxygens (including phenoxy) is 1. The molecule has 1 saturated heterocycles. The fraction of sp³-hybridized carbons (Fsp3) is 0.417. The zero-order valence-corrected chi connectivity index (χ0v) is 18.4. The van der Waals surface area contributed by atoms with Gasteiger partial charge in [0.1, 0.15) is 0 Å². The fourth-order valence-corrected chi connectivity index (χ4v) is 5.03. The molecular weight excluding hydrogens is 380 g/mol. The van der Waals surface area contributed by atoms with E-state index < -0.39 is 0 Å². The number of fused-ring (bicyclic) bond motifs is 1. The second-order valence-corrected chi connectivity index (χ2v) is 8.99. The summed E-state index contributed by atoms with van der Waals surface area (Å²) in [6, 6.07) is 10.4. The summed E-state index contributed by atoms with van der Waals surface area (Å²) in [5.41, 5.74) is 6.38. The third-order valence-corrected chi connectivity index (χ3v) is 6.77. The second-order valence-electron chi connectivity index (χ2n) is 7.99. The van der Waals surface area contributed by atoms with Gasteiger partial charge in [0.05, 0.1) is 22.4 Å². The maximum absolute atomic E-state index is 13.0. The average molecular weight is 409 g/mol. The van der Waals surface area contributed by atoms with Gasteiger partial charge in [-0.1, -0.05) is 30.0 Å². The van der Waals surface area contributed by atoms with Gasteiger partial charge in [0, 0.05) is 35.5 Å². The first-order valence-electron chi connectivity index (χ1n) is 10.3. The van der Waals surface area contributed by atoms with Crippen LogP contribution in [0.1, 0.15) is 45.7 Å². The molecule has 0 aliphatic carbocycles. The number of ketones is 1. The van der Waals surface area contributed by atoms with Crippen molar-refractivity contribution in [1.29, 1.82) is 0 Å². The van der Waals surface area contributed by atoms with Crippen molar-refractivity contribution < 1.29 is 9.53 Å². The predicted octanol–water partition coefficient (Wildman–Crippen LogP) is 5.42. The number of nitrogens with zero attached hydrogens (tertiary/aromatic N) is 2. The van der Waals surface area contributed by atoms with Crippen LogP contribution < -0.4 is 0 Å². The Morgan fingerprint density at radius 3 is 2.79 bits per heavy atom. The van der Waals surface area contributed by atoms with Gasteiger partial charge in [-0.05, 0) is 63.8 Å². The number of pyridine rings is 1. The summed E-state index contributed by atoms with van der Waals surface area (Å²) < 4.78 is 8.01. The van der Waals surface area contributed by atoms with Gasteiger partial charge in [-0.2, -0.15) is 0 Å². The molecule has 0 N–H and O–H groups in total. The molecule has 2 aromatic heterocycles. The maximum atomic E-state index is 13.0. The minimum atomic E-state index is 0.158. The Bertz CT molecular complexity index is 1060. The highest BCUT2D eigenvalue weighted by molar-refractivity contribution is 7.99. The molecule has 29 heavy (non-hydrogen) atoms. The molecule has 4 nitrogen and oxygen atoms in total. The van der Waals surface area contributed by atoms with Crippen LogP contribution in [0.2, 0.25) is 0 Å². The summed E-state index contributed by atoms with van der Waals surface area (Å²) in [7, 11) is 0. The molecule has 3 heterocycles. The molecule has 0 bridgehead atoms. The maximum Gasteiger partial charge on any atom is 0.174 e. The number of thioether (sulfide) groups is 1. The number of aromatic nitrogens is 2. The smallest absolute Gasteiger partial charge is 0.174 e. The van der Waals surface area contributed by atoms with E-state index in [4.69, 9.17) is 9.72 Å². The lowest BCUT2D eigenvalue weighted by Gasteiger charge is -2.14. The lowest BCUT2D eigenvalue weighted by molar-refractivity contribution is 0.0957. The zero-order valence-electron chi connectivity index (χ0n) is 17.6. The molecule has 1 fully saturated rings. The lowest BCUT2D eigenvalue weighted by atomic mass is 10.1. The molecule has 0 spiro atoms. The van der Waals surface area contributed by atoms with Crippen LogP contribution in [0.15, 0.2) is 35.4 Å². The second kappa shape index (κ2) is 8.33. The number of aryl methyl sites for hydroxylation is 3. The highest BCUT2D eigenvalue weighted by Gasteiger charge is 2.21. The van der Waals surface area contributed by atoms with Crippen LogP contribution in [-0.4, -0.2) is 33.8 Å². The van der Waals surface area contributed by atoms with Crippen LogP contribution in [0, 0.1) is 27.7 Å². The molecule has 152 valence electrons. The molecule has 0 radical (unpaired) electrons. The summed E-state index contributed by atoms with van der Waals surface area (Å²) in [4.78, 5) is 17.8. The van der Waals surface area contributed by atoms with Crippen molar-refractivity contribution in [3.05, 3.63) is 58.4 Å². The Morgan fingerprint density at radius 1 is 1.21 bits per heavy atom. The van der Waals surface area contributed by atoms with Crippen LogP contribution in [0.4, 0.5) is 0 Å². The molecule has 0 amide bonds. The van der Waals surface area contributed by atoms with E-state index in [1.165, 1.54) is 22.7 Å². The zero-order chi connectivity index (χ0) is 20.5.